The van der Waals surface area contributed by atoms with Gasteiger partial charge in [-0.1, -0.05) is 28.1 Å². The van der Waals surface area contributed by atoms with E-state index in [0.717, 1.165) is 10.0 Å². The molecule has 0 aliphatic heterocycles. The van der Waals surface area contributed by atoms with Gasteiger partial charge in [-0.3, -0.25) is 4.79 Å². The van der Waals surface area contributed by atoms with Gasteiger partial charge in [0.1, 0.15) is 0 Å². The highest BCUT2D eigenvalue weighted by Gasteiger charge is 2.24. The van der Waals surface area contributed by atoms with Gasteiger partial charge in [-0.15, -0.1) is 0 Å². The maximum absolute atomic E-state index is 11.6. The molecule has 18 heavy (non-hydrogen) atoms. The molecule has 0 aliphatic carbocycles. The Bertz CT molecular complexity index is 430. The zero-order valence-electron chi connectivity index (χ0n) is 9.76. The molecule has 5 nitrogen and oxygen atoms in total. The van der Waals surface area contributed by atoms with E-state index < -0.39 is 24.0 Å². The van der Waals surface area contributed by atoms with Crippen LogP contribution < -0.4 is 5.32 Å². The van der Waals surface area contributed by atoms with E-state index >= 15 is 0 Å². The summed E-state index contributed by atoms with van der Waals surface area (Å²) < 4.78 is 0.902. The molecule has 0 spiro atoms. The first-order valence-electron chi connectivity index (χ1n) is 5.35. The first kappa shape index (κ1) is 14.7. The Morgan fingerprint density at radius 3 is 2.33 bits per heavy atom. The number of nitrogens with one attached hydrogen (secondary N) is 1. The molecule has 0 heterocycles. The average molecular weight is 316 g/mol. The Hall–Kier alpha value is -1.40. The number of aliphatic hydroxyl groups excluding tert-OH is 1. The lowest BCUT2D eigenvalue weighted by Gasteiger charge is -2.16. The van der Waals surface area contributed by atoms with Gasteiger partial charge in [0.2, 0.25) is 5.91 Å². The van der Waals surface area contributed by atoms with Crippen molar-refractivity contribution in [2.75, 3.05) is 0 Å². The number of benzene rings is 1. The largest absolute Gasteiger partial charge is 0.480 e. The summed E-state index contributed by atoms with van der Waals surface area (Å²) in [7, 11) is 0. The molecular weight excluding hydrogens is 302 g/mol. The molecule has 2 atom stereocenters. The van der Waals surface area contributed by atoms with Crippen molar-refractivity contribution in [2.24, 2.45) is 0 Å². The van der Waals surface area contributed by atoms with Crippen LogP contribution in [-0.4, -0.2) is 34.2 Å². The van der Waals surface area contributed by atoms with Crippen LogP contribution >= 0.6 is 15.9 Å². The Balaban J connectivity index is 2.60. The smallest absolute Gasteiger partial charge is 0.328 e. The number of carbonyl (C=O) groups is 2. The van der Waals surface area contributed by atoms with Gasteiger partial charge < -0.3 is 15.5 Å². The summed E-state index contributed by atoms with van der Waals surface area (Å²) in [5.41, 5.74) is 0.769. The summed E-state index contributed by atoms with van der Waals surface area (Å²) in [6.07, 6.45) is -1.07. The molecule has 0 radical (unpaired) electrons. The fourth-order valence-electron chi connectivity index (χ4n) is 1.40. The second kappa shape index (κ2) is 6.51. The van der Waals surface area contributed by atoms with Crippen molar-refractivity contribution < 1.29 is 19.8 Å². The average Bonchev–Trinajstić information content (AvgIpc) is 2.28. The third-order valence-electron chi connectivity index (χ3n) is 2.34. The Kier molecular flexibility index (Phi) is 5.30. The molecule has 0 unspecified atom stereocenters. The Morgan fingerprint density at radius 2 is 1.89 bits per heavy atom. The van der Waals surface area contributed by atoms with Crippen molar-refractivity contribution in [3.05, 3.63) is 34.3 Å². The topological polar surface area (TPSA) is 86.6 Å². The van der Waals surface area contributed by atoms with Crippen LogP contribution in [0.4, 0.5) is 0 Å². The monoisotopic (exact) mass is 315 g/mol. The number of halogens is 1. The van der Waals surface area contributed by atoms with Crippen molar-refractivity contribution in [2.45, 2.75) is 25.5 Å². The number of carboxylic acid groups (broad SMARTS) is 1. The molecule has 3 N–H and O–H groups in total. The summed E-state index contributed by atoms with van der Waals surface area (Å²) in [5.74, 6) is -1.69. The number of amides is 1. The minimum atomic E-state index is -1.28. The second-order valence-corrected chi connectivity index (χ2v) is 4.84. The van der Waals surface area contributed by atoms with Gasteiger partial charge in [-0.05, 0) is 24.6 Å². The highest BCUT2D eigenvalue weighted by Crippen LogP contribution is 2.10. The van der Waals surface area contributed by atoms with Crippen LogP contribution in [0, 0.1) is 0 Å². The van der Waals surface area contributed by atoms with Crippen LogP contribution in [-0.2, 0) is 16.0 Å². The van der Waals surface area contributed by atoms with Gasteiger partial charge in [0, 0.05) is 4.47 Å². The quantitative estimate of drug-likeness (QED) is 0.755. The van der Waals surface area contributed by atoms with Gasteiger partial charge in [-0.25, -0.2) is 4.79 Å². The number of rotatable bonds is 5. The predicted octanol–water partition coefficient (Wildman–Crippen LogP) is 0.942. The van der Waals surface area contributed by atoms with Gasteiger partial charge in [0.15, 0.2) is 6.04 Å². The number of hydrogen-bond acceptors (Lipinski definition) is 3. The van der Waals surface area contributed by atoms with E-state index in [1.54, 1.807) is 24.3 Å². The maximum atomic E-state index is 11.6. The van der Waals surface area contributed by atoms with E-state index in [2.05, 4.69) is 21.2 Å². The molecule has 0 fully saturated rings. The molecule has 0 bridgehead atoms. The van der Waals surface area contributed by atoms with Crippen LogP contribution in [0.15, 0.2) is 28.7 Å². The number of carboxylic acids is 1. The SMILES string of the molecule is C[C@@H](O)[C@H](NC(=O)Cc1ccc(Br)cc1)C(=O)O. The van der Waals surface area contributed by atoms with Crippen molar-refractivity contribution in [3.63, 3.8) is 0 Å². The predicted molar refractivity (Wildman–Crippen MR) is 69.1 cm³/mol. The summed E-state index contributed by atoms with van der Waals surface area (Å²) in [4.78, 5) is 22.4. The molecular formula is C12H14BrNO4. The molecule has 1 amide bonds. The van der Waals surface area contributed by atoms with Gasteiger partial charge >= 0.3 is 5.97 Å². The molecule has 1 aromatic rings. The van der Waals surface area contributed by atoms with Crippen LogP contribution in [0.3, 0.4) is 0 Å². The van der Waals surface area contributed by atoms with Crippen molar-refractivity contribution in [1.29, 1.82) is 0 Å². The summed E-state index contributed by atoms with van der Waals surface area (Å²) in [5, 5.41) is 20.3. The van der Waals surface area contributed by atoms with Crippen molar-refractivity contribution in [1.82, 2.24) is 5.32 Å². The zero-order valence-corrected chi connectivity index (χ0v) is 11.3. The fraction of sp³-hybridized carbons (Fsp3) is 0.333. The van der Waals surface area contributed by atoms with Crippen LogP contribution in [0.25, 0.3) is 0 Å². The lowest BCUT2D eigenvalue weighted by Crippen LogP contribution is -2.48. The molecule has 0 aromatic heterocycles. The van der Waals surface area contributed by atoms with Gasteiger partial charge in [0.05, 0.1) is 12.5 Å². The lowest BCUT2D eigenvalue weighted by molar-refractivity contribution is -0.144. The number of hydrogen-bond donors (Lipinski definition) is 3. The molecule has 0 saturated heterocycles. The highest BCUT2D eigenvalue weighted by molar-refractivity contribution is 9.10. The normalized spacial score (nSPS) is 13.7. The molecule has 1 rings (SSSR count). The molecule has 98 valence electrons. The lowest BCUT2D eigenvalue weighted by atomic mass is 10.1. The molecule has 1 aromatic carbocycles. The van der Waals surface area contributed by atoms with Gasteiger partial charge in [0.25, 0.3) is 0 Å². The molecule has 0 saturated carbocycles. The number of aliphatic hydroxyl groups is 1. The minimum absolute atomic E-state index is 0.0732. The molecule has 0 aliphatic rings. The second-order valence-electron chi connectivity index (χ2n) is 3.93. The summed E-state index contributed by atoms with van der Waals surface area (Å²) in [6.45, 7) is 1.32. The standard InChI is InChI=1S/C12H14BrNO4/c1-7(15)11(12(17)18)14-10(16)6-8-2-4-9(13)5-3-8/h2-5,7,11,15H,6H2,1H3,(H,14,16)(H,17,18)/t7-,11+/m1/s1. The zero-order chi connectivity index (χ0) is 13.7. The third kappa shape index (κ3) is 4.46. The summed E-state index contributed by atoms with van der Waals surface area (Å²) in [6, 6.07) is 5.84. The van der Waals surface area contributed by atoms with E-state index in [4.69, 9.17) is 5.11 Å². The van der Waals surface area contributed by atoms with E-state index in [-0.39, 0.29) is 6.42 Å². The summed E-state index contributed by atoms with van der Waals surface area (Å²) >= 11 is 3.28. The Labute approximate surface area is 113 Å². The maximum Gasteiger partial charge on any atom is 0.328 e. The van der Waals surface area contributed by atoms with Crippen molar-refractivity contribution >= 4 is 27.8 Å². The number of carbonyl (C=O) groups excluding carboxylic acids is 1. The fourth-order valence-corrected chi connectivity index (χ4v) is 1.67. The van der Waals surface area contributed by atoms with Crippen molar-refractivity contribution in [3.8, 4) is 0 Å². The van der Waals surface area contributed by atoms with E-state index in [0.29, 0.717) is 0 Å². The Morgan fingerprint density at radius 1 is 1.33 bits per heavy atom. The van der Waals surface area contributed by atoms with E-state index in [1.165, 1.54) is 6.92 Å². The third-order valence-corrected chi connectivity index (χ3v) is 2.87. The number of aliphatic carboxylic acids is 1. The van der Waals surface area contributed by atoms with Crippen LogP contribution in [0.5, 0.6) is 0 Å². The van der Waals surface area contributed by atoms with E-state index in [1.807, 2.05) is 0 Å². The van der Waals surface area contributed by atoms with Crippen LogP contribution in [0.1, 0.15) is 12.5 Å². The first-order valence-corrected chi connectivity index (χ1v) is 6.14. The highest BCUT2D eigenvalue weighted by atomic mass is 79.9. The minimum Gasteiger partial charge on any atom is -0.480 e. The molecule has 6 heteroatoms. The first-order chi connectivity index (χ1) is 8.40. The van der Waals surface area contributed by atoms with Crippen LogP contribution in [0.2, 0.25) is 0 Å². The van der Waals surface area contributed by atoms with Gasteiger partial charge in [-0.2, -0.15) is 0 Å². The van der Waals surface area contributed by atoms with E-state index in [9.17, 15) is 14.7 Å².